The first kappa shape index (κ1) is 24.0. The van der Waals surface area contributed by atoms with Gasteiger partial charge in [0, 0.05) is 39.8 Å². The van der Waals surface area contributed by atoms with Crippen molar-refractivity contribution in [3.8, 4) is 5.75 Å². The Bertz CT molecular complexity index is 531. The highest BCUT2D eigenvalue weighted by atomic mass is 127. The molecule has 0 radical (unpaired) electrons. The number of hydrogen-bond donors (Lipinski definition) is 2. The number of hydrogen-bond acceptors (Lipinski definition) is 4. The number of nitrogens with one attached hydrogen (secondary N) is 2. The van der Waals surface area contributed by atoms with Gasteiger partial charge in [0.25, 0.3) is 0 Å². The number of ether oxygens (including phenoxy) is 2. The Kier molecular flexibility index (Phi) is 12.4. The molecule has 1 aliphatic heterocycles. The zero-order valence-electron chi connectivity index (χ0n) is 16.9. The van der Waals surface area contributed by atoms with Crippen molar-refractivity contribution in [1.29, 1.82) is 0 Å². The van der Waals surface area contributed by atoms with Crippen LogP contribution >= 0.6 is 24.0 Å². The number of rotatable bonds is 9. The van der Waals surface area contributed by atoms with Crippen LogP contribution < -0.4 is 15.4 Å². The Morgan fingerprint density at radius 2 is 1.81 bits per heavy atom. The summed E-state index contributed by atoms with van der Waals surface area (Å²) in [6.45, 7) is 11.5. The van der Waals surface area contributed by atoms with Crippen molar-refractivity contribution < 1.29 is 9.47 Å². The highest BCUT2D eigenvalue weighted by molar-refractivity contribution is 14.0. The molecule has 1 heterocycles. The van der Waals surface area contributed by atoms with Crippen LogP contribution in [0.2, 0.25) is 0 Å². The standard InChI is InChI=1S/C20H34N4O2.HI/c1-17(2)16-26-19-6-4-18(5-7-19)8-9-22-20(21-3)23-10-11-24-12-14-25-15-13-24;/h4-7,17H,8-16H2,1-3H3,(H2,21,22,23);1H. The molecule has 0 aromatic heterocycles. The molecule has 1 saturated heterocycles. The van der Waals surface area contributed by atoms with E-state index in [1.165, 1.54) is 5.56 Å². The minimum Gasteiger partial charge on any atom is -0.493 e. The van der Waals surface area contributed by atoms with Gasteiger partial charge in [-0.25, -0.2) is 0 Å². The summed E-state index contributed by atoms with van der Waals surface area (Å²) in [5, 5.41) is 6.75. The van der Waals surface area contributed by atoms with Crippen LogP contribution in [0.1, 0.15) is 19.4 Å². The Hall–Kier alpha value is -1.06. The lowest BCUT2D eigenvalue weighted by Crippen LogP contribution is -2.44. The minimum absolute atomic E-state index is 0. The molecule has 7 heteroatoms. The van der Waals surface area contributed by atoms with Gasteiger partial charge >= 0.3 is 0 Å². The molecule has 0 aliphatic carbocycles. The van der Waals surface area contributed by atoms with E-state index in [1.54, 1.807) is 0 Å². The first-order valence-corrected chi connectivity index (χ1v) is 9.63. The molecular weight excluding hydrogens is 455 g/mol. The third-order valence-electron chi connectivity index (χ3n) is 4.26. The maximum Gasteiger partial charge on any atom is 0.191 e. The molecule has 154 valence electrons. The Morgan fingerprint density at radius 3 is 2.44 bits per heavy atom. The second kappa shape index (κ2) is 14.0. The molecule has 2 rings (SSSR count). The fourth-order valence-electron chi connectivity index (χ4n) is 2.72. The monoisotopic (exact) mass is 490 g/mol. The summed E-state index contributed by atoms with van der Waals surface area (Å²) in [4.78, 5) is 6.70. The van der Waals surface area contributed by atoms with Gasteiger partial charge in [-0.3, -0.25) is 9.89 Å². The van der Waals surface area contributed by atoms with Crippen LogP contribution in [0.15, 0.2) is 29.3 Å². The van der Waals surface area contributed by atoms with Gasteiger partial charge in [-0.2, -0.15) is 0 Å². The second-order valence-electron chi connectivity index (χ2n) is 6.98. The van der Waals surface area contributed by atoms with Gasteiger partial charge < -0.3 is 20.1 Å². The molecule has 0 atom stereocenters. The number of nitrogens with zero attached hydrogens (tertiary/aromatic N) is 2. The van der Waals surface area contributed by atoms with Crippen LogP contribution in [0.4, 0.5) is 0 Å². The molecular formula is C20H35IN4O2. The number of morpholine rings is 1. The predicted molar refractivity (Wildman–Crippen MR) is 123 cm³/mol. The molecule has 0 unspecified atom stereocenters. The molecule has 0 bridgehead atoms. The molecule has 0 amide bonds. The average Bonchev–Trinajstić information content (AvgIpc) is 2.67. The minimum atomic E-state index is 0. The predicted octanol–water partition coefficient (Wildman–Crippen LogP) is 2.38. The SMILES string of the molecule is CN=C(NCCc1ccc(OCC(C)C)cc1)NCCN1CCOCC1.I. The molecule has 0 spiro atoms. The largest absolute Gasteiger partial charge is 0.493 e. The Balaban J connectivity index is 0.00000364. The zero-order valence-corrected chi connectivity index (χ0v) is 19.2. The van der Waals surface area contributed by atoms with E-state index in [1.807, 2.05) is 19.2 Å². The van der Waals surface area contributed by atoms with Crippen molar-refractivity contribution >= 4 is 29.9 Å². The molecule has 1 fully saturated rings. The number of guanidine groups is 1. The first-order chi connectivity index (χ1) is 12.7. The molecule has 1 aromatic carbocycles. The van der Waals surface area contributed by atoms with E-state index >= 15 is 0 Å². The normalized spacial score (nSPS) is 15.3. The quantitative estimate of drug-likeness (QED) is 0.316. The average molecular weight is 490 g/mol. The summed E-state index contributed by atoms with van der Waals surface area (Å²) in [6.07, 6.45) is 0.953. The van der Waals surface area contributed by atoms with Crippen molar-refractivity contribution in [2.24, 2.45) is 10.9 Å². The molecule has 1 aliphatic rings. The van der Waals surface area contributed by atoms with Gasteiger partial charge in [0.05, 0.1) is 19.8 Å². The Morgan fingerprint density at radius 1 is 1.15 bits per heavy atom. The van der Waals surface area contributed by atoms with E-state index in [4.69, 9.17) is 9.47 Å². The molecule has 0 saturated carbocycles. The highest BCUT2D eigenvalue weighted by Gasteiger charge is 2.09. The first-order valence-electron chi connectivity index (χ1n) is 9.63. The van der Waals surface area contributed by atoms with E-state index in [2.05, 4.69) is 46.5 Å². The van der Waals surface area contributed by atoms with Crippen molar-refractivity contribution in [2.75, 3.05) is 59.6 Å². The summed E-state index contributed by atoms with van der Waals surface area (Å²) < 4.78 is 11.1. The van der Waals surface area contributed by atoms with Gasteiger partial charge in [-0.1, -0.05) is 26.0 Å². The van der Waals surface area contributed by atoms with Gasteiger partial charge in [-0.15, -0.1) is 24.0 Å². The fourth-order valence-corrected chi connectivity index (χ4v) is 2.72. The number of halogens is 1. The van der Waals surface area contributed by atoms with E-state index in [0.717, 1.165) is 70.7 Å². The third-order valence-corrected chi connectivity index (χ3v) is 4.26. The summed E-state index contributed by atoms with van der Waals surface area (Å²) in [7, 11) is 1.81. The maximum atomic E-state index is 5.72. The maximum absolute atomic E-state index is 5.72. The van der Waals surface area contributed by atoms with Crippen LogP contribution in [0.3, 0.4) is 0 Å². The van der Waals surface area contributed by atoms with Crippen molar-refractivity contribution in [2.45, 2.75) is 20.3 Å². The summed E-state index contributed by atoms with van der Waals surface area (Å²) in [5.74, 6) is 2.34. The second-order valence-corrected chi connectivity index (χ2v) is 6.98. The topological polar surface area (TPSA) is 58.1 Å². The van der Waals surface area contributed by atoms with Crippen molar-refractivity contribution in [3.63, 3.8) is 0 Å². The number of benzene rings is 1. The van der Waals surface area contributed by atoms with Gasteiger partial charge in [0.1, 0.15) is 5.75 Å². The van der Waals surface area contributed by atoms with E-state index in [9.17, 15) is 0 Å². The lowest BCUT2D eigenvalue weighted by atomic mass is 10.1. The van der Waals surface area contributed by atoms with E-state index in [-0.39, 0.29) is 24.0 Å². The highest BCUT2D eigenvalue weighted by Crippen LogP contribution is 2.13. The lowest BCUT2D eigenvalue weighted by Gasteiger charge is -2.26. The van der Waals surface area contributed by atoms with Crippen molar-refractivity contribution in [1.82, 2.24) is 15.5 Å². The van der Waals surface area contributed by atoms with Crippen molar-refractivity contribution in [3.05, 3.63) is 29.8 Å². The van der Waals surface area contributed by atoms with Gasteiger partial charge in [0.2, 0.25) is 0 Å². The van der Waals surface area contributed by atoms with Crippen LogP contribution in [-0.4, -0.2) is 70.5 Å². The summed E-state index contributed by atoms with van der Waals surface area (Å²) in [5.41, 5.74) is 1.29. The number of aliphatic imine (C=N–C) groups is 1. The van der Waals surface area contributed by atoms with E-state index < -0.39 is 0 Å². The molecule has 1 aromatic rings. The smallest absolute Gasteiger partial charge is 0.191 e. The summed E-state index contributed by atoms with van der Waals surface area (Å²) in [6, 6.07) is 8.36. The van der Waals surface area contributed by atoms with E-state index in [0.29, 0.717) is 5.92 Å². The van der Waals surface area contributed by atoms with Crippen LogP contribution in [0, 0.1) is 5.92 Å². The van der Waals surface area contributed by atoms with Gasteiger partial charge in [0.15, 0.2) is 5.96 Å². The lowest BCUT2D eigenvalue weighted by molar-refractivity contribution is 0.0389. The molecule has 27 heavy (non-hydrogen) atoms. The molecule has 6 nitrogen and oxygen atoms in total. The van der Waals surface area contributed by atoms with Crippen LogP contribution in [-0.2, 0) is 11.2 Å². The van der Waals surface area contributed by atoms with Crippen LogP contribution in [0.25, 0.3) is 0 Å². The third kappa shape index (κ3) is 10.2. The fraction of sp³-hybridized carbons (Fsp3) is 0.650. The Labute approximate surface area is 181 Å². The molecule has 2 N–H and O–H groups in total. The van der Waals surface area contributed by atoms with Crippen LogP contribution in [0.5, 0.6) is 5.75 Å². The summed E-state index contributed by atoms with van der Waals surface area (Å²) >= 11 is 0. The zero-order chi connectivity index (χ0) is 18.6. The van der Waals surface area contributed by atoms with Gasteiger partial charge in [-0.05, 0) is 30.0 Å².